The van der Waals surface area contributed by atoms with Crippen molar-refractivity contribution in [1.29, 1.82) is 0 Å². The van der Waals surface area contributed by atoms with Gasteiger partial charge in [0.15, 0.2) is 11.0 Å². The summed E-state index contributed by atoms with van der Waals surface area (Å²) in [6.07, 6.45) is 3.57. The van der Waals surface area contributed by atoms with Gasteiger partial charge in [-0.2, -0.15) is 5.10 Å². The van der Waals surface area contributed by atoms with Gasteiger partial charge in [0.05, 0.1) is 12.2 Å². The van der Waals surface area contributed by atoms with Gasteiger partial charge in [-0.1, -0.05) is 24.6 Å². The average Bonchev–Trinajstić information content (AvgIpc) is 3.09. The molecular weight excluding hydrogens is 371 g/mol. The second-order valence-corrected chi connectivity index (χ2v) is 6.08. The van der Waals surface area contributed by atoms with Gasteiger partial charge in [0.25, 0.3) is 0 Å². The lowest BCUT2D eigenvalue weighted by Crippen LogP contribution is -2.39. The molecule has 1 N–H and O–H groups in total. The highest BCUT2D eigenvalue weighted by Crippen LogP contribution is 2.40. The number of nitrogens with zero attached hydrogens (tertiary/aromatic N) is 5. The lowest BCUT2D eigenvalue weighted by Gasteiger charge is -2.34. The molecule has 2 atom stereocenters. The van der Waals surface area contributed by atoms with E-state index in [1.165, 1.54) is 24.3 Å². The molecule has 1 aromatic carbocycles. The smallest absolute Gasteiger partial charge is 0.182 e. The number of aromatic nitrogens is 5. The molecule has 0 radical (unpaired) electrons. The Kier molecular flexibility index (Phi) is 4.92. The summed E-state index contributed by atoms with van der Waals surface area (Å²) in [6.45, 7) is 1.17. The van der Waals surface area contributed by atoms with E-state index >= 15 is 0 Å². The topological polar surface area (TPSA) is 76.7 Å². The number of hydrogen-bond acceptors (Lipinski definition) is 5. The molecule has 26 heavy (non-hydrogen) atoms. The number of aliphatic hydroxyl groups is 1. The summed E-state index contributed by atoms with van der Waals surface area (Å²) in [7, 11) is 0. The van der Waals surface area contributed by atoms with Crippen LogP contribution in [-0.2, 0) is 12.1 Å². The number of benzene rings is 1. The van der Waals surface area contributed by atoms with E-state index in [0.29, 0.717) is 6.07 Å². The van der Waals surface area contributed by atoms with Gasteiger partial charge in [0, 0.05) is 17.5 Å². The molecule has 0 amide bonds. The summed E-state index contributed by atoms with van der Waals surface area (Å²) < 4.78 is 43.4. The minimum Gasteiger partial charge on any atom is -0.382 e. The van der Waals surface area contributed by atoms with Crippen LogP contribution in [0.5, 0.6) is 0 Å². The van der Waals surface area contributed by atoms with E-state index < -0.39 is 34.1 Å². The van der Waals surface area contributed by atoms with Gasteiger partial charge in [0.2, 0.25) is 0 Å². The van der Waals surface area contributed by atoms with Crippen molar-refractivity contribution in [3.05, 3.63) is 71.0 Å². The zero-order valence-electron chi connectivity index (χ0n) is 13.4. The third-order valence-electron chi connectivity index (χ3n) is 4.17. The van der Waals surface area contributed by atoms with Crippen LogP contribution in [0.1, 0.15) is 24.1 Å². The Morgan fingerprint density at radius 3 is 2.65 bits per heavy atom. The Balaban J connectivity index is 2.15. The first-order chi connectivity index (χ1) is 12.3. The molecule has 0 saturated carbocycles. The Bertz CT molecular complexity index is 924. The van der Waals surface area contributed by atoms with Gasteiger partial charge in [-0.3, -0.25) is 0 Å². The lowest BCUT2D eigenvalue weighted by molar-refractivity contribution is -0.0133. The van der Waals surface area contributed by atoms with Crippen molar-refractivity contribution >= 4 is 11.6 Å². The highest BCUT2D eigenvalue weighted by Gasteiger charge is 2.42. The van der Waals surface area contributed by atoms with Crippen LogP contribution in [0, 0.1) is 17.5 Å². The maximum absolute atomic E-state index is 14.4. The largest absolute Gasteiger partial charge is 0.382 e. The highest BCUT2D eigenvalue weighted by atomic mass is 35.5. The van der Waals surface area contributed by atoms with E-state index in [9.17, 15) is 18.3 Å². The van der Waals surface area contributed by atoms with Gasteiger partial charge in [-0.05, 0) is 6.07 Å². The van der Waals surface area contributed by atoms with Crippen LogP contribution in [-0.4, -0.2) is 29.8 Å². The molecule has 0 bridgehead atoms. The van der Waals surface area contributed by atoms with Crippen molar-refractivity contribution in [2.75, 3.05) is 0 Å². The quantitative estimate of drug-likeness (QED) is 0.686. The van der Waals surface area contributed by atoms with E-state index in [0.717, 1.165) is 18.5 Å². The molecule has 3 rings (SSSR count). The standard InChI is InChI=1S/C16H13ClF3N5O/c1-9(14-13(20)15(17)23-7-22-14)16(26,5-25-8-21-6-24-25)11-3-2-10(18)4-12(11)19/h2-4,6-9,26H,5H2,1H3/t9?,16-/m1/s1. The zero-order valence-corrected chi connectivity index (χ0v) is 14.2. The summed E-state index contributed by atoms with van der Waals surface area (Å²) in [5, 5.41) is 14.8. The van der Waals surface area contributed by atoms with Crippen molar-refractivity contribution in [3.63, 3.8) is 0 Å². The second kappa shape index (κ2) is 7.00. The molecule has 3 aromatic rings. The average molecular weight is 384 g/mol. The van der Waals surface area contributed by atoms with Gasteiger partial charge in [-0.15, -0.1) is 0 Å². The monoisotopic (exact) mass is 383 g/mol. The van der Waals surface area contributed by atoms with Crippen LogP contribution in [0.15, 0.2) is 37.2 Å². The summed E-state index contributed by atoms with van der Waals surface area (Å²) in [5.41, 5.74) is -2.48. The molecule has 6 nitrogen and oxygen atoms in total. The van der Waals surface area contributed by atoms with Gasteiger partial charge in [-0.25, -0.2) is 32.8 Å². The molecule has 0 fully saturated rings. The fourth-order valence-corrected chi connectivity index (χ4v) is 2.89. The maximum Gasteiger partial charge on any atom is 0.182 e. The normalized spacial score (nSPS) is 14.8. The van der Waals surface area contributed by atoms with Crippen molar-refractivity contribution < 1.29 is 18.3 Å². The summed E-state index contributed by atoms with van der Waals surface area (Å²) in [6, 6.07) is 2.73. The molecule has 136 valence electrons. The zero-order chi connectivity index (χ0) is 18.9. The molecule has 2 aromatic heterocycles. The first-order valence-electron chi connectivity index (χ1n) is 7.49. The molecule has 1 unspecified atom stereocenters. The Morgan fingerprint density at radius 2 is 2.00 bits per heavy atom. The Hall–Kier alpha value is -2.52. The Labute approximate surface area is 151 Å². The molecule has 0 aliphatic carbocycles. The van der Waals surface area contributed by atoms with Crippen LogP contribution in [0.25, 0.3) is 0 Å². The third-order valence-corrected chi connectivity index (χ3v) is 4.43. The lowest BCUT2D eigenvalue weighted by atomic mass is 9.79. The van der Waals surface area contributed by atoms with Gasteiger partial charge < -0.3 is 5.11 Å². The van der Waals surface area contributed by atoms with Gasteiger partial charge >= 0.3 is 0 Å². The molecule has 0 aliphatic heterocycles. The van der Waals surface area contributed by atoms with Crippen LogP contribution in [0.4, 0.5) is 13.2 Å². The first kappa shape index (κ1) is 18.3. The molecular formula is C16H13ClF3N5O. The van der Waals surface area contributed by atoms with Crippen LogP contribution < -0.4 is 0 Å². The SMILES string of the molecule is CC(c1ncnc(Cl)c1F)[C@](O)(Cn1cncn1)c1ccc(F)cc1F. The number of halogens is 4. The molecule has 2 heterocycles. The minimum atomic E-state index is -2.02. The van der Waals surface area contributed by atoms with Crippen LogP contribution in [0.3, 0.4) is 0 Å². The maximum atomic E-state index is 14.4. The fraction of sp³-hybridized carbons (Fsp3) is 0.250. The third kappa shape index (κ3) is 3.27. The van der Waals surface area contributed by atoms with E-state index in [2.05, 4.69) is 20.1 Å². The summed E-state index contributed by atoms with van der Waals surface area (Å²) in [5.74, 6) is -3.80. The van der Waals surface area contributed by atoms with E-state index in [1.54, 1.807) is 0 Å². The van der Waals surface area contributed by atoms with E-state index in [-0.39, 0.29) is 17.8 Å². The molecule has 0 spiro atoms. The van der Waals surface area contributed by atoms with E-state index in [4.69, 9.17) is 11.6 Å². The molecule has 10 heteroatoms. The summed E-state index contributed by atoms with van der Waals surface area (Å²) in [4.78, 5) is 11.1. The van der Waals surface area contributed by atoms with Crippen LogP contribution >= 0.6 is 11.6 Å². The number of hydrogen-bond donors (Lipinski definition) is 1. The second-order valence-electron chi connectivity index (χ2n) is 5.73. The Morgan fingerprint density at radius 1 is 1.23 bits per heavy atom. The summed E-state index contributed by atoms with van der Waals surface area (Å²) >= 11 is 5.69. The van der Waals surface area contributed by atoms with E-state index in [1.807, 2.05) is 0 Å². The van der Waals surface area contributed by atoms with Crippen molar-refractivity contribution in [2.24, 2.45) is 0 Å². The molecule has 0 aliphatic rings. The van der Waals surface area contributed by atoms with Crippen molar-refractivity contribution in [2.45, 2.75) is 25.0 Å². The highest BCUT2D eigenvalue weighted by molar-refractivity contribution is 6.29. The van der Waals surface area contributed by atoms with Crippen molar-refractivity contribution in [1.82, 2.24) is 24.7 Å². The molecule has 0 saturated heterocycles. The van der Waals surface area contributed by atoms with Gasteiger partial charge in [0.1, 0.15) is 36.2 Å². The predicted octanol–water partition coefficient (Wildman–Crippen LogP) is 2.83. The predicted molar refractivity (Wildman–Crippen MR) is 85.7 cm³/mol. The minimum absolute atomic E-state index is 0.212. The van der Waals surface area contributed by atoms with Crippen molar-refractivity contribution in [3.8, 4) is 0 Å². The fourth-order valence-electron chi connectivity index (χ4n) is 2.75. The first-order valence-corrected chi connectivity index (χ1v) is 7.87. The van der Waals surface area contributed by atoms with Crippen LogP contribution in [0.2, 0.25) is 5.15 Å². The number of rotatable bonds is 5.